The zero-order valence-corrected chi connectivity index (χ0v) is 12.2. The van der Waals surface area contributed by atoms with Gasteiger partial charge in [0.2, 0.25) is 5.82 Å². The number of aromatic nitrogens is 2. The van der Waals surface area contributed by atoms with Crippen molar-refractivity contribution in [2.45, 2.75) is 13.3 Å². The molecule has 7 nitrogen and oxygen atoms in total. The Labute approximate surface area is 128 Å². The van der Waals surface area contributed by atoms with E-state index in [0.717, 1.165) is 24.2 Å². The minimum Gasteiger partial charge on any atom is -0.385 e. The van der Waals surface area contributed by atoms with Gasteiger partial charge >= 0.3 is 5.69 Å². The fourth-order valence-electron chi connectivity index (χ4n) is 1.95. The van der Waals surface area contributed by atoms with Crippen LogP contribution in [-0.2, 0) is 0 Å². The first-order valence-electron chi connectivity index (χ1n) is 6.89. The van der Waals surface area contributed by atoms with Crippen molar-refractivity contribution in [2.24, 2.45) is 0 Å². The third-order valence-corrected chi connectivity index (χ3v) is 2.99. The van der Waals surface area contributed by atoms with E-state index in [0.29, 0.717) is 0 Å². The molecule has 1 aromatic carbocycles. The Bertz CT molecular complexity index is 686. The molecule has 0 saturated heterocycles. The molecule has 0 aliphatic heterocycles. The molecule has 0 aliphatic carbocycles. The maximum absolute atomic E-state index is 11.2. The molecule has 0 saturated carbocycles. The molecule has 7 heteroatoms. The van der Waals surface area contributed by atoms with E-state index in [-0.39, 0.29) is 17.2 Å². The number of nitro groups is 1. The average Bonchev–Trinajstić information content (AvgIpc) is 2.52. The summed E-state index contributed by atoms with van der Waals surface area (Å²) in [5.41, 5.74) is 7.16. The van der Waals surface area contributed by atoms with Gasteiger partial charge in [0.15, 0.2) is 0 Å². The first kappa shape index (κ1) is 15.4. The van der Waals surface area contributed by atoms with Gasteiger partial charge in [0.25, 0.3) is 0 Å². The lowest BCUT2D eigenvalue weighted by Gasteiger charge is -2.10. The molecule has 0 radical (unpaired) electrons. The largest absolute Gasteiger partial charge is 0.385 e. The van der Waals surface area contributed by atoms with Crippen LogP contribution in [0.1, 0.15) is 24.6 Å². The van der Waals surface area contributed by atoms with E-state index in [9.17, 15) is 10.1 Å². The topological polar surface area (TPSA) is 107 Å². The van der Waals surface area contributed by atoms with Crippen molar-refractivity contribution in [3.8, 4) is 0 Å². The van der Waals surface area contributed by atoms with E-state index in [1.807, 2.05) is 37.3 Å². The van der Waals surface area contributed by atoms with E-state index >= 15 is 0 Å². The van der Waals surface area contributed by atoms with E-state index in [1.54, 1.807) is 6.08 Å². The van der Waals surface area contributed by atoms with Crippen molar-refractivity contribution >= 4 is 23.3 Å². The highest BCUT2D eigenvalue weighted by Crippen LogP contribution is 2.25. The summed E-state index contributed by atoms with van der Waals surface area (Å²) in [7, 11) is 0. The zero-order valence-electron chi connectivity index (χ0n) is 12.2. The SMILES string of the molecule is CCCN/C(=C\c1ncnc(N)c1[N+](=O)[O-])c1ccccc1. The predicted molar refractivity (Wildman–Crippen MR) is 85.7 cm³/mol. The molecule has 3 N–H and O–H groups in total. The monoisotopic (exact) mass is 299 g/mol. The van der Waals surface area contributed by atoms with Crippen molar-refractivity contribution in [1.82, 2.24) is 15.3 Å². The van der Waals surface area contributed by atoms with Crippen LogP contribution in [0.25, 0.3) is 11.8 Å². The summed E-state index contributed by atoms with van der Waals surface area (Å²) in [6.07, 6.45) is 3.77. The minimum atomic E-state index is -0.566. The molecule has 0 bridgehead atoms. The number of hydrogen-bond donors (Lipinski definition) is 2. The lowest BCUT2D eigenvalue weighted by molar-refractivity contribution is -0.384. The molecule has 0 fully saturated rings. The van der Waals surface area contributed by atoms with Crippen LogP contribution in [0.4, 0.5) is 11.5 Å². The lowest BCUT2D eigenvalue weighted by Crippen LogP contribution is -2.13. The van der Waals surface area contributed by atoms with Gasteiger partial charge in [0.05, 0.1) is 4.92 Å². The van der Waals surface area contributed by atoms with Gasteiger partial charge < -0.3 is 11.1 Å². The maximum Gasteiger partial charge on any atom is 0.336 e. The molecule has 0 aliphatic rings. The normalized spacial score (nSPS) is 11.2. The van der Waals surface area contributed by atoms with Gasteiger partial charge in [-0.2, -0.15) is 0 Å². The van der Waals surface area contributed by atoms with Gasteiger partial charge in [-0.25, -0.2) is 9.97 Å². The molecule has 2 rings (SSSR count). The van der Waals surface area contributed by atoms with Crippen molar-refractivity contribution in [3.63, 3.8) is 0 Å². The summed E-state index contributed by atoms with van der Waals surface area (Å²) < 4.78 is 0. The van der Waals surface area contributed by atoms with Crippen LogP contribution < -0.4 is 11.1 Å². The number of benzene rings is 1. The Kier molecular flexibility index (Phi) is 5.02. The highest BCUT2D eigenvalue weighted by atomic mass is 16.6. The molecule has 0 unspecified atom stereocenters. The second-order valence-electron chi connectivity index (χ2n) is 4.60. The number of anilines is 1. The van der Waals surface area contributed by atoms with Crippen LogP contribution in [0.2, 0.25) is 0 Å². The second kappa shape index (κ2) is 7.16. The Morgan fingerprint density at radius 2 is 2.09 bits per heavy atom. The molecular weight excluding hydrogens is 282 g/mol. The third-order valence-electron chi connectivity index (χ3n) is 2.99. The summed E-state index contributed by atoms with van der Waals surface area (Å²) in [4.78, 5) is 18.3. The summed E-state index contributed by atoms with van der Waals surface area (Å²) in [5, 5.41) is 14.4. The third kappa shape index (κ3) is 3.57. The molecule has 1 heterocycles. The number of nitrogens with zero attached hydrogens (tertiary/aromatic N) is 3. The molecule has 0 atom stereocenters. The summed E-state index contributed by atoms with van der Waals surface area (Å²) in [6, 6.07) is 9.56. The summed E-state index contributed by atoms with van der Waals surface area (Å²) >= 11 is 0. The molecule has 22 heavy (non-hydrogen) atoms. The maximum atomic E-state index is 11.2. The van der Waals surface area contributed by atoms with Crippen LogP contribution in [0.3, 0.4) is 0 Å². The highest BCUT2D eigenvalue weighted by molar-refractivity contribution is 5.83. The van der Waals surface area contributed by atoms with Crippen LogP contribution in [-0.4, -0.2) is 21.4 Å². The number of nitrogens with one attached hydrogen (secondary N) is 1. The first-order valence-corrected chi connectivity index (χ1v) is 6.89. The van der Waals surface area contributed by atoms with E-state index in [1.165, 1.54) is 6.33 Å². The quantitative estimate of drug-likeness (QED) is 0.626. The van der Waals surface area contributed by atoms with Gasteiger partial charge in [-0.3, -0.25) is 10.1 Å². The van der Waals surface area contributed by atoms with Crippen molar-refractivity contribution in [2.75, 3.05) is 12.3 Å². The predicted octanol–water partition coefficient (Wildman–Crippen LogP) is 2.46. The number of nitrogens with two attached hydrogens (primary N) is 1. The Morgan fingerprint density at radius 3 is 2.73 bits per heavy atom. The smallest absolute Gasteiger partial charge is 0.336 e. The molecule has 2 aromatic rings. The van der Waals surface area contributed by atoms with E-state index < -0.39 is 4.92 Å². The standard InChI is InChI=1S/C15H17N5O2/c1-2-8-17-12(11-6-4-3-5-7-11)9-13-14(20(21)22)15(16)19-10-18-13/h3-7,9-10,17H,2,8H2,1H3,(H2,16,18,19)/b12-9-. The Hall–Kier alpha value is -2.96. The van der Waals surface area contributed by atoms with Crippen LogP contribution >= 0.6 is 0 Å². The molecule has 0 spiro atoms. The Morgan fingerprint density at radius 1 is 1.36 bits per heavy atom. The van der Waals surface area contributed by atoms with Crippen molar-refractivity contribution in [1.29, 1.82) is 0 Å². The van der Waals surface area contributed by atoms with Crippen LogP contribution in [0.15, 0.2) is 36.7 Å². The fraction of sp³-hybridized carbons (Fsp3) is 0.200. The van der Waals surface area contributed by atoms with Gasteiger partial charge in [0, 0.05) is 12.2 Å². The molecule has 0 amide bonds. The number of hydrogen-bond acceptors (Lipinski definition) is 6. The summed E-state index contributed by atoms with van der Waals surface area (Å²) in [6.45, 7) is 2.79. The second-order valence-corrected chi connectivity index (χ2v) is 4.60. The zero-order chi connectivity index (χ0) is 15.9. The number of nitrogen functional groups attached to an aromatic ring is 1. The first-order chi connectivity index (χ1) is 10.6. The molecule has 114 valence electrons. The average molecular weight is 299 g/mol. The highest BCUT2D eigenvalue weighted by Gasteiger charge is 2.19. The van der Waals surface area contributed by atoms with E-state index in [4.69, 9.17) is 5.73 Å². The van der Waals surface area contributed by atoms with Crippen LogP contribution in [0, 0.1) is 10.1 Å². The van der Waals surface area contributed by atoms with E-state index in [2.05, 4.69) is 15.3 Å². The molecule has 1 aromatic heterocycles. The number of rotatable bonds is 6. The van der Waals surface area contributed by atoms with Crippen LogP contribution in [0.5, 0.6) is 0 Å². The Balaban J connectivity index is 2.50. The van der Waals surface area contributed by atoms with Gasteiger partial charge in [-0.05, 0) is 18.1 Å². The summed E-state index contributed by atoms with van der Waals surface area (Å²) in [5.74, 6) is -0.144. The van der Waals surface area contributed by atoms with Gasteiger partial charge in [-0.15, -0.1) is 0 Å². The van der Waals surface area contributed by atoms with Gasteiger partial charge in [-0.1, -0.05) is 37.3 Å². The van der Waals surface area contributed by atoms with Crippen molar-refractivity contribution in [3.05, 3.63) is 58.0 Å². The van der Waals surface area contributed by atoms with Gasteiger partial charge in [0.1, 0.15) is 12.0 Å². The molecular formula is C15H17N5O2. The van der Waals surface area contributed by atoms with Crippen molar-refractivity contribution < 1.29 is 4.92 Å². The lowest BCUT2D eigenvalue weighted by atomic mass is 10.1. The fourth-order valence-corrected chi connectivity index (χ4v) is 1.95. The minimum absolute atomic E-state index is 0.144.